The van der Waals surface area contributed by atoms with Gasteiger partial charge in [-0.3, -0.25) is 9.59 Å². The summed E-state index contributed by atoms with van der Waals surface area (Å²) in [7, 11) is 5.54. The van der Waals surface area contributed by atoms with Crippen molar-refractivity contribution < 1.29 is 19.4 Å². The molecule has 1 N–H and O–H groups in total. The molecule has 1 saturated heterocycles. The number of rotatable bonds is 7. The predicted molar refractivity (Wildman–Crippen MR) is 135 cm³/mol. The van der Waals surface area contributed by atoms with E-state index in [9.17, 15) is 14.7 Å². The molecule has 3 rings (SSSR count). The molecule has 1 aliphatic rings. The molecule has 0 unspecified atom stereocenters. The normalized spacial score (nSPS) is 18.1. The summed E-state index contributed by atoms with van der Waals surface area (Å²) in [6, 6.07) is 12.6. The van der Waals surface area contributed by atoms with Gasteiger partial charge in [-0.15, -0.1) is 0 Å². The number of benzene rings is 2. The number of ketones is 1. The Balaban J connectivity index is 2.11. The van der Waals surface area contributed by atoms with Crippen molar-refractivity contribution in [2.75, 3.05) is 34.3 Å². The average molecular weight is 465 g/mol. The van der Waals surface area contributed by atoms with E-state index < -0.39 is 17.7 Å². The number of hydrogen-bond donors (Lipinski definition) is 1. The van der Waals surface area contributed by atoms with E-state index in [2.05, 4.69) is 20.8 Å². The van der Waals surface area contributed by atoms with Crippen LogP contribution in [-0.2, 0) is 15.0 Å². The number of likely N-dealkylation sites (tertiary alicyclic amines) is 1. The van der Waals surface area contributed by atoms with Gasteiger partial charge in [0.15, 0.2) is 0 Å². The third-order valence-corrected chi connectivity index (χ3v) is 6.31. The molecule has 2 aromatic rings. The molecule has 0 bridgehead atoms. The van der Waals surface area contributed by atoms with E-state index in [1.807, 2.05) is 50.2 Å². The van der Waals surface area contributed by atoms with E-state index in [0.29, 0.717) is 17.9 Å². The number of Topliss-reactive ketones (excluding diaryl/α,β-unsaturated/α-hetero) is 1. The minimum Gasteiger partial charge on any atom is -0.507 e. The number of nitrogens with zero attached hydrogens (tertiary/aromatic N) is 2. The molecule has 6 heteroatoms. The van der Waals surface area contributed by atoms with Crippen LogP contribution in [0.15, 0.2) is 48.0 Å². The molecule has 0 radical (unpaired) electrons. The SMILES string of the molecule is COc1ccc(/C(O)=C2\C(=O)C(=O)N(CCCN(C)C)[C@H]2c2ccc(C(C)(C)C)cc2)cc1C. The third-order valence-electron chi connectivity index (χ3n) is 6.31. The Labute approximate surface area is 202 Å². The standard InChI is InChI=1S/C28H36N2O4/c1-18-17-20(11-14-22(18)34-7)25(31)23-24(19-9-12-21(13-10-19)28(2,3)4)30(27(33)26(23)32)16-8-15-29(5)6/h9-14,17,24,31H,8,15-16H2,1-7H3/b25-23+/t24-/m0/s1. The Morgan fingerprint density at radius 3 is 2.26 bits per heavy atom. The van der Waals surface area contributed by atoms with Crippen LogP contribution in [-0.4, -0.2) is 60.9 Å². The molecule has 1 heterocycles. The topological polar surface area (TPSA) is 70.1 Å². The number of carbonyl (C=O) groups is 2. The molecule has 1 atom stereocenters. The number of carbonyl (C=O) groups excluding carboxylic acids is 2. The van der Waals surface area contributed by atoms with Crippen molar-refractivity contribution in [2.24, 2.45) is 0 Å². The first-order valence-electron chi connectivity index (χ1n) is 11.6. The van der Waals surface area contributed by atoms with Crippen LogP contribution in [0, 0.1) is 6.92 Å². The van der Waals surface area contributed by atoms with Gasteiger partial charge in [-0.05, 0) is 74.3 Å². The van der Waals surface area contributed by atoms with Crippen LogP contribution in [0.25, 0.3) is 5.76 Å². The summed E-state index contributed by atoms with van der Waals surface area (Å²) in [5.41, 5.74) is 3.39. The first-order valence-corrected chi connectivity index (χ1v) is 11.6. The van der Waals surface area contributed by atoms with Crippen LogP contribution in [0.2, 0.25) is 0 Å². The van der Waals surface area contributed by atoms with Crippen molar-refractivity contribution in [2.45, 2.75) is 45.6 Å². The number of methoxy groups -OCH3 is 1. The molecule has 1 amide bonds. The van der Waals surface area contributed by atoms with Crippen molar-refractivity contribution in [3.8, 4) is 5.75 Å². The van der Waals surface area contributed by atoms with Gasteiger partial charge in [-0.25, -0.2) is 0 Å². The maximum Gasteiger partial charge on any atom is 0.295 e. The molecule has 6 nitrogen and oxygen atoms in total. The van der Waals surface area contributed by atoms with Crippen molar-refractivity contribution in [1.82, 2.24) is 9.80 Å². The molecular weight excluding hydrogens is 428 g/mol. The number of aliphatic hydroxyl groups excluding tert-OH is 1. The molecule has 1 aliphatic heterocycles. The average Bonchev–Trinajstić information content (AvgIpc) is 3.02. The van der Waals surface area contributed by atoms with Crippen molar-refractivity contribution in [1.29, 1.82) is 0 Å². The molecule has 34 heavy (non-hydrogen) atoms. The maximum absolute atomic E-state index is 13.2. The summed E-state index contributed by atoms with van der Waals surface area (Å²) in [4.78, 5) is 29.9. The number of hydrogen-bond acceptors (Lipinski definition) is 5. The van der Waals surface area contributed by atoms with E-state index in [1.165, 1.54) is 0 Å². The Bertz CT molecular complexity index is 1090. The smallest absolute Gasteiger partial charge is 0.295 e. The zero-order chi connectivity index (χ0) is 25.2. The molecule has 1 fully saturated rings. The van der Waals surface area contributed by atoms with Gasteiger partial charge in [-0.2, -0.15) is 0 Å². The quantitative estimate of drug-likeness (QED) is 0.366. The van der Waals surface area contributed by atoms with Crippen LogP contribution in [0.3, 0.4) is 0 Å². The van der Waals surface area contributed by atoms with Gasteiger partial charge in [0.05, 0.1) is 18.7 Å². The highest BCUT2D eigenvalue weighted by atomic mass is 16.5. The van der Waals surface area contributed by atoms with Gasteiger partial charge < -0.3 is 19.6 Å². The van der Waals surface area contributed by atoms with Crippen LogP contribution in [0.5, 0.6) is 5.75 Å². The lowest BCUT2D eigenvalue weighted by molar-refractivity contribution is -0.139. The zero-order valence-electron chi connectivity index (χ0n) is 21.3. The first-order chi connectivity index (χ1) is 16.0. The fourth-order valence-corrected chi connectivity index (χ4v) is 4.36. The van der Waals surface area contributed by atoms with Gasteiger partial charge in [-0.1, -0.05) is 45.0 Å². The summed E-state index contributed by atoms with van der Waals surface area (Å²) < 4.78 is 5.32. The predicted octanol–water partition coefficient (Wildman–Crippen LogP) is 4.67. The highest BCUT2D eigenvalue weighted by Crippen LogP contribution is 2.40. The first kappa shape index (κ1) is 25.5. The largest absolute Gasteiger partial charge is 0.507 e. The minimum absolute atomic E-state index is 0.0212. The third kappa shape index (κ3) is 5.17. The summed E-state index contributed by atoms with van der Waals surface area (Å²) in [6.45, 7) is 9.51. The van der Waals surface area contributed by atoms with Crippen LogP contribution in [0.4, 0.5) is 0 Å². The van der Waals surface area contributed by atoms with Gasteiger partial charge in [0, 0.05) is 12.1 Å². The number of aryl methyl sites for hydroxylation is 1. The molecule has 0 aromatic heterocycles. The summed E-state index contributed by atoms with van der Waals surface area (Å²) in [6.07, 6.45) is 0.721. The second-order valence-electron chi connectivity index (χ2n) is 10.2. The van der Waals surface area contributed by atoms with E-state index in [-0.39, 0.29) is 16.7 Å². The Hall–Kier alpha value is -3.12. The molecule has 0 spiro atoms. The molecule has 2 aromatic carbocycles. The van der Waals surface area contributed by atoms with E-state index in [1.54, 1.807) is 30.2 Å². The number of amides is 1. The lowest BCUT2D eigenvalue weighted by Gasteiger charge is -2.27. The highest BCUT2D eigenvalue weighted by molar-refractivity contribution is 6.46. The summed E-state index contributed by atoms with van der Waals surface area (Å²) in [5, 5.41) is 11.3. The zero-order valence-corrected chi connectivity index (χ0v) is 21.3. The maximum atomic E-state index is 13.2. The van der Waals surface area contributed by atoms with E-state index in [0.717, 1.165) is 29.7 Å². The van der Waals surface area contributed by atoms with Gasteiger partial charge in [0.2, 0.25) is 0 Å². The van der Waals surface area contributed by atoms with Gasteiger partial charge in [0.25, 0.3) is 11.7 Å². The van der Waals surface area contributed by atoms with E-state index in [4.69, 9.17) is 4.74 Å². The second kappa shape index (κ2) is 10.0. The summed E-state index contributed by atoms with van der Waals surface area (Å²) in [5.74, 6) is -0.699. The fourth-order valence-electron chi connectivity index (χ4n) is 4.36. The van der Waals surface area contributed by atoms with Crippen molar-refractivity contribution in [3.63, 3.8) is 0 Å². The van der Waals surface area contributed by atoms with E-state index >= 15 is 0 Å². The number of aliphatic hydroxyl groups is 1. The number of ether oxygens (including phenoxy) is 1. The molecular formula is C28H36N2O4. The Morgan fingerprint density at radius 1 is 1.09 bits per heavy atom. The van der Waals surface area contributed by atoms with Crippen molar-refractivity contribution >= 4 is 17.4 Å². The Morgan fingerprint density at radius 2 is 1.74 bits per heavy atom. The molecule has 0 aliphatic carbocycles. The van der Waals surface area contributed by atoms with Gasteiger partial charge >= 0.3 is 0 Å². The van der Waals surface area contributed by atoms with Gasteiger partial charge in [0.1, 0.15) is 11.5 Å². The Kier molecular flexibility index (Phi) is 7.51. The van der Waals surface area contributed by atoms with Crippen molar-refractivity contribution in [3.05, 3.63) is 70.3 Å². The lowest BCUT2D eigenvalue weighted by Crippen LogP contribution is -2.32. The van der Waals surface area contributed by atoms with Crippen LogP contribution in [0.1, 0.15) is 55.5 Å². The fraction of sp³-hybridized carbons (Fsp3) is 0.429. The van der Waals surface area contributed by atoms with Crippen LogP contribution >= 0.6 is 0 Å². The second-order valence-corrected chi connectivity index (χ2v) is 10.2. The molecule has 0 saturated carbocycles. The monoisotopic (exact) mass is 464 g/mol. The molecule has 182 valence electrons. The lowest BCUT2D eigenvalue weighted by atomic mass is 9.85. The van der Waals surface area contributed by atoms with Crippen LogP contribution < -0.4 is 4.74 Å². The minimum atomic E-state index is -0.652. The highest BCUT2D eigenvalue weighted by Gasteiger charge is 2.45. The summed E-state index contributed by atoms with van der Waals surface area (Å²) >= 11 is 0.